The Balaban J connectivity index is 2.36. The number of carbonyl (C=O) groups is 1. The van der Waals surface area contributed by atoms with Crippen molar-refractivity contribution >= 4 is 5.91 Å². The van der Waals surface area contributed by atoms with E-state index in [4.69, 9.17) is 10.5 Å². The van der Waals surface area contributed by atoms with Crippen LogP contribution in [0.1, 0.15) is 45.6 Å². The van der Waals surface area contributed by atoms with Crippen LogP contribution in [0.5, 0.6) is 0 Å². The fraction of sp³-hybridized carbons (Fsp3) is 0.588. The molecule has 0 heterocycles. The van der Waals surface area contributed by atoms with E-state index in [0.29, 0.717) is 13.0 Å². The van der Waals surface area contributed by atoms with Gasteiger partial charge in [-0.15, -0.1) is 0 Å². The third-order valence-electron chi connectivity index (χ3n) is 3.61. The summed E-state index contributed by atoms with van der Waals surface area (Å²) in [4.78, 5) is 11.8. The van der Waals surface area contributed by atoms with Crippen molar-refractivity contribution in [3.05, 3.63) is 35.9 Å². The lowest BCUT2D eigenvalue weighted by Crippen LogP contribution is -2.45. The molecule has 0 aliphatic carbocycles. The van der Waals surface area contributed by atoms with Crippen LogP contribution < -0.4 is 11.1 Å². The average Bonchev–Trinajstić information content (AvgIpc) is 2.52. The fourth-order valence-corrected chi connectivity index (χ4v) is 2.10. The molecule has 0 aliphatic heterocycles. The molecule has 3 N–H and O–H groups in total. The Morgan fingerprint density at radius 1 is 1.24 bits per heavy atom. The minimum Gasteiger partial charge on any atom is -0.374 e. The Morgan fingerprint density at radius 2 is 1.90 bits per heavy atom. The van der Waals surface area contributed by atoms with Gasteiger partial charge in [-0.2, -0.15) is 0 Å². The highest BCUT2D eigenvalue weighted by atomic mass is 16.5. The molecule has 3 atom stereocenters. The van der Waals surface area contributed by atoms with Crippen molar-refractivity contribution in [1.29, 1.82) is 0 Å². The Bertz CT molecular complexity index is 409. The van der Waals surface area contributed by atoms with Crippen molar-refractivity contribution in [3.63, 3.8) is 0 Å². The molecule has 1 aromatic rings. The first-order chi connectivity index (χ1) is 10.1. The molecular weight excluding hydrogens is 264 g/mol. The van der Waals surface area contributed by atoms with Gasteiger partial charge >= 0.3 is 0 Å². The molecule has 118 valence electrons. The topological polar surface area (TPSA) is 64.3 Å². The second-order valence-corrected chi connectivity index (χ2v) is 5.47. The van der Waals surface area contributed by atoms with E-state index in [9.17, 15) is 4.79 Å². The minimum absolute atomic E-state index is 0.0698. The zero-order valence-electron chi connectivity index (χ0n) is 13.3. The highest BCUT2D eigenvalue weighted by molar-refractivity contribution is 5.81. The Labute approximate surface area is 128 Å². The SMILES string of the molecule is CCC(CC(C)OCc1ccccc1)NC(=O)C(N)CC. The van der Waals surface area contributed by atoms with Crippen molar-refractivity contribution in [1.82, 2.24) is 5.32 Å². The van der Waals surface area contributed by atoms with Crippen molar-refractivity contribution in [2.45, 2.75) is 64.8 Å². The van der Waals surface area contributed by atoms with Gasteiger partial charge in [-0.1, -0.05) is 44.2 Å². The van der Waals surface area contributed by atoms with E-state index < -0.39 is 6.04 Å². The van der Waals surface area contributed by atoms with Crippen LogP contribution in [0.15, 0.2) is 30.3 Å². The van der Waals surface area contributed by atoms with Crippen molar-refractivity contribution in [2.75, 3.05) is 0 Å². The predicted molar refractivity (Wildman–Crippen MR) is 85.8 cm³/mol. The van der Waals surface area contributed by atoms with Crippen LogP contribution in [0.25, 0.3) is 0 Å². The van der Waals surface area contributed by atoms with Gasteiger partial charge < -0.3 is 15.8 Å². The lowest BCUT2D eigenvalue weighted by molar-refractivity contribution is -0.123. The summed E-state index contributed by atoms with van der Waals surface area (Å²) < 4.78 is 5.85. The van der Waals surface area contributed by atoms with Gasteiger partial charge in [0.05, 0.1) is 18.8 Å². The van der Waals surface area contributed by atoms with Crippen LogP contribution in [0.4, 0.5) is 0 Å². The number of rotatable bonds is 9. The van der Waals surface area contributed by atoms with E-state index in [2.05, 4.69) is 12.2 Å². The summed E-state index contributed by atoms with van der Waals surface area (Å²) in [6.07, 6.45) is 2.42. The Kier molecular flexibility index (Phi) is 8.01. The standard InChI is InChI=1S/C17H28N2O2/c1-4-15(19-17(20)16(18)5-2)11-13(3)21-12-14-9-7-6-8-10-14/h6-10,13,15-16H,4-5,11-12,18H2,1-3H3,(H,19,20). The number of hydrogen-bond donors (Lipinski definition) is 2. The summed E-state index contributed by atoms with van der Waals surface area (Å²) in [5, 5.41) is 3.00. The molecule has 0 aromatic heterocycles. The van der Waals surface area contributed by atoms with E-state index in [1.165, 1.54) is 0 Å². The van der Waals surface area contributed by atoms with E-state index in [-0.39, 0.29) is 18.1 Å². The molecule has 1 amide bonds. The van der Waals surface area contributed by atoms with E-state index in [0.717, 1.165) is 18.4 Å². The summed E-state index contributed by atoms with van der Waals surface area (Å²) in [7, 11) is 0. The summed E-state index contributed by atoms with van der Waals surface area (Å²) in [5.41, 5.74) is 6.90. The van der Waals surface area contributed by atoms with E-state index in [1.807, 2.05) is 44.2 Å². The van der Waals surface area contributed by atoms with Crippen LogP contribution in [-0.4, -0.2) is 24.1 Å². The van der Waals surface area contributed by atoms with Gasteiger partial charge in [0.25, 0.3) is 0 Å². The smallest absolute Gasteiger partial charge is 0.237 e. The van der Waals surface area contributed by atoms with Crippen molar-refractivity contribution in [3.8, 4) is 0 Å². The second kappa shape index (κ2) is 9.53. The molecule has 0 spiro atoms. The molecule has 0 aliphatic rings. The van der Waals surface area contributed by atoms with Gasteiger partial charge in [0.2, 0.25) is 5.91 Å². The van der Waals surface area contributed by atoms with Gasteiger partial charge in [-0.3, -0.25) is 4.79 Å². The lowest BCUT2D eigenvalue weighted by Gasteiger charge is -2.23. The van der Waals surface area contributed by atoms with Crippen LogP contribution >= 0.6 is 0 Å². The predicted octanol–water partition coefficient (Wildman–Crippen LogP) is 2.61. The molecule has 1 aromatic carbocycles. The van der Waals surface area contributed by atoms with E-state index >= 15 is 0 Å². The van der Waals surface area contributed by atoms with Crippen LogP contribution in [0.2, 0.25) is 0 Å². The zero-order valence-corrected chi connectivity index (χ0v) is 13.3. The molecule has 4 nitrogen and oxygen atoms in total. The highest BCUT2D eigenvalue weighted by Gasteiger charge is 2.17. The summed E-state index contributed by atoms with van der Waals surface area (Å²) in [5.74, 6) is -0.0698. The van der Waals surface area contributed by atoms with Crippen molar-refractivity contribution in [2.24, 2.45) is 5.73 Å². The largest absolute Gasteiger partial charge is 0.374 e. The monoisotopic (exact) mass is 292 g/mol. The molecule has 0 bridgehead atoms. The number of nitrogens with two attached hydrogens (primary N) is 1. The zero-order chi connectivity index (χ0) is 15.7. The highest BCUT2D eigenvalue weighted by Crippen LogP contribution is 2.09. The summed E-state index contributed by atoms with van der Waals surface area (Å²) in [6, 6.07) is 9.79. The molecule has 0 radical (unpaired) electrons. The number of carbonyl (C=O) groups excluding carboxylic acids is 1. The van der Waals surface area contributed by atoms with Crippen LogP contribution in [-0.2, 0) is 16.1 Å². The molecule has 21 heavy (non-hydrogen) atoms. The number of ether oxygens (including phenoxy) is 1. The summed E-state index contributed by atoms with van der Waals surface area (Å²) in [6.45, 7) is 6.61. The van der Waals surface area contributed by atoms with Gasteiger partial charge in [-0.05, 0) is 31.7 Å². The first kappa shape index (κ1) is 17.7. The van der Waals surface area contributed by atoms with E-state index in [1.54, 1.807) is 0 Å². The van der Waals surface area contributed by atoms with Gasteiger partial charge in [0.1, 0.15) is 0 Å². The third-order valence-corrected chi connectivity index (χ3v) is 3.61. The van der Waals surface area contributed by atoms with Gasteiger partial charge in [-0.25, -0.2) is 0 Å². The molecule has 4 heteroatoms. The summed E-state index contributed by atoms with van der Waals surface area (Å²) >= 11 is 0. The first-order valence-electron chi connectivity index (χ1n) is 7.78. The molecule has 1 rings (SSSR count). The van der Waals surface area contributed by atoms with Crippen molar-refractivity contribution < 1.29 is 9.53 Å². The maximum absolute atomic E-state index is 11.8. The molecule has 0 fully saturated rings. The maximum Gasteiger partial charge on any atom is 0.237 e. The number of amides is 1. The first-order valence-corrected chi connectivity index (χ1v) is 7.78. The van der Waals surface area contributed by atoms with Gasteiger partial charge in [0.15, 0.2) is 0 Å². The molecule has 0 saturated heterocycles. The molecular formula is C17H28N2O2. The van der Waals surface area contributed by atoms with Crippen LogP contribution in [0, 0.1) is 0 Å². The number of benzene rings is 1. The Morgan fingerprint density at radius 3 is 2.48 bits per heavy atom. The van der Waals surface area contributed by atoms with Crippen LogP contribution in [0.3, 0.4) is 0 Å². The second-order valence-electron chi connectivity index (χ2n) is 5.47. The Hall–Kier alpha value is -1.39. The third kappa shape index (κ3) is 6.74. The quantitative estimate of drug-likeness (QED) is 0.735. The average molecular weight is 292 g/mol. The van der Waals surface area contributed by atoms with Gasteiger partial charge in [0, 0.05) is 6.04 Å². The fourth-order valence-electron chi connectivity index (χ4n) is 2.10. The maximum atomic E-state index is 11.8. The lowest BCUT2D eigenvalue weighted by atomic mass is 10.1. The normalized spacial score (nSPS) is 15.2. The number of nitrogens with one attached hydrogen (secondary N) is 1. The minimum atomic E-state index is -0.417. The number of hydrogen-bond acceptors (Lipinski definition) is 3. The molecule has 0 saturated carbocycles. The molecule has 3 unspecified atom stereocenters.